The average Bonchev–Trinajstić information content (AvgIpc) is 2.17. The minimum Gasteiger partial charge on any atom is -0.462 e. The van der Waals surface area contributed by atoms with Crippen LogP contribution < -0.4 is 0 Å². The maximum Gasteiger partial charge on any atom is 0.338 e. The Labute approximate surface area is 99.0 Å². The van der Waals surface area contributed by atoms with E-state index in [4.69, 9.17) is 4.74 Å². The quantitative estimate of drug-likeness (QED) is 0.466. The number of halogens is 1. The van der Waals surface area contributed by atoms with Crippen molar-refractivity contribution in [2.75, 3.05) is 6.61 Å². The molecule has 0 bridgehead atoms. The Morgan fingerprint density at radius 1 is 1.50 bits per heavy atom. The smallest absolute Gasteiger partial charge is 0.338 e. The number of nitro groups is 1. The van der Waals surface area contributed by atoms with Crippen molar-refractivity contribution in [1.82, 2.24) is 0 Å². The average molecular weight is 246 g/mol. The van der Waals surface area contributed by atoms with E-state index in [0.29, 0.717) is 11.1 Å². The predicted octanol–water partition coefficient (Wildman–Crippen LogP) is 2.50. The van der Waals surface area contributed by atoms with E-state index in [-0.39, 0.29) is 24.7 Å². The van der Waals surface area contributed by atoms with Crippen LogP contribution in [0.5, 0.6) is 0 Å². The van der Waals surface area contributed by atoms with Gasteiger partial charge in [-0.05, 0) is 25.5 Å². The molecule has 0 heterocycles. The SMILES string of the molecule is CCOC(=O)c1ccc([N+](=O)[O-])cc1C.Cl. The summed E-state index contributed by atoms with van der Waals surface area (Å²) in [7, 11) is 0. The number of carbonyl (C=O) groups excluding carboxylic acids is 1. The van der Waals surface area contributed by atoms with Gasteiger partial charge in [-0.3, -0.25) is 10.1 Å². The molecule has 0 atom stereocenters. The number of nitrogens with zero attached hydrogens (tertiary/aromatic N) is 1. The number of nitro benzene ring substituents is 1. The molecule has 0 radical (unpaired) electrons. The minimum absolute atomic E-state index is 0. The molecule has 0 aliphatic heterocycles. The van der Waals surface area contributed by atoms with E-state index < -0.39 is 10.9 Å². The summed E-state index contributed by atoms with van der Waals surface area (Å²) in [5.74, 6) is -0.454. The Bertz CT molecular complexity index is 406. The summed E-state index contributed by atoms with van der Waals surface area (Å²) in [6.45, 7) is 3.63. The van der Waals surface area contributed by atoms with Gasteiger partial charge in [0.25, 0.3) is 5.69 Å². The van der Waals surface area contributed by atoms with Crippen LogP contribution in [0.25, 0.3) is 0 Å². The van der Waals surface area contributed by atoms with Gasteiger partial charge in [-0.15, -0.1) is 12.4 Å². The Balaban J connectivity index is 0.00000225. The molecule has 0 saturated carbocycles. The fourth-order valence-electron chi connectivity index (χ4n) is 1.20. The zero-order valence-electron chi connectivity index (χ0n) is 8.93. The van der Waals surface area contributed by atoms with Crippen molar-refractivity contribution in [2.45, 2.75) is 13.8 Å². The topological polar surface area (TPSA) is 69.4 Å². The Kier molecular flexibility index (Phi) is 5.46. The number of carbonyl (C=O) groups is 1. The summed E-state index contributed by atoms with van der Waals surface area (Å²) in [4.78, 5) is 21.3. The van der Waals surface area contributed by atoms with Crippen LogP contribution >= 0.6 is 12.4 Å². The number of hydrogen-bond donors (Lipinski definition) is 0. The zero-order valence-corrected chi connectivity index (χ0v) is 9.74. The molecule has 16 heavy (non-hydrogen) atoms. The molecular formula is C10H12ClNO4. The Morgan fingerprint density at radius 2 is 2.12 bits per heavy atom. The molecule has 6 heteroatoms. The normalized spacial score (nSPS) is 9.12. The lowest BCUT2D eigenvalue weighted by atomic mass is 10.1. The summed E-state index contributed by atoms with van der Waals surface area (Å²) in [5, 5.41) is 10.4. The van der Waals surface area contributed by atoms with Gasteiger partial charge < -0.3 is 4.74 Å². The van der Waals surface area contributed by atoms with Gasteiger partial charge in [0.15, 0.2) is 0 Å². The fraction of sp³-hybridized carbons (Fsp3) is 0.300. The molecule has 0 aliphatic carbocycles. The summed E-state index contributed by atoms with van der Waals surface area (Å²) >= 11 is 0. The molecule has 1 aromatic rings. The molecule has 0 fully saturated rings. The molecule has 1 rings (SSSR count). The van der Waals surface area contributed by atoms with Crippen molar-refractivity contribution in [2.24, 2.45) is 0 Å². The minimum atomic E-state index is -0.498. The van der Waals surface area contributed by atoms with Crippen LogP contribution in [0.1, 0.15) is 22.8 Å². The van der Waals surface area contributed by atoms with E-state index in [2.05, 4.69) is 0 Å². The summed E-state index contributed by atoms with van der Waals surface area (Å²) in [6, 6.07) is 4.05. The van der Waals surface area contributed by atoms with Gasteiger partial charge in [-0.1, -0.05) is 0 Å². The highest BCUT2D eigenvalue weighted by atomic mass is 35.5. The second-order valence-electron chi connectivity index (χ2n) is 2.98. The highest BCUT2D eigenvalue weighted by molar-refractivity contribution is 5.91. The first-order valence-electron chi connectivity index (χ1n) is 4.48. The van der Waals surface area contributed by atoms with Gasteiger partial charge in [0, 0.05) is 12.1 Å². The van der Waals surface area contributed by atoms with Crippen molar-refractivity contribution >= 4 is 24.1 Å². The number of ether oxygens (including phenoxy) is 1. The lowest BCUT2D eigenvalue weighted by Gasteiger charge is -2.04. The maximum atomic E-state index is 11.4. The number of hydrogen-bond acceptors (Lipinski definition) is 4. The predicted molar refractivity (Wildman–Crippen MR) is 61.0 cm³/mol. The molecule has 0 aromatic heterocycles. The van der Waals surface area contributed by atoms with Crippen LogP contribution in [0.4, 0.5) is 5.69 Å². The van der Waals surface area contributed by atoms with Crippen molar-refractivity contribution in [3.63, 3.8) is 0 Å². The van der Waals surface area contributed by atoms with Crippen LogP contribution in [0.15, 0.2) is 18.2 Å². The van der Waals surface area contributed by atoms with Crippen LogP contribution in [-0.4, -0.2) is 17.5 Å². The second-order valence-corrected chi connectivity index (χ2v) is 2.98. The lowest BCUT2D eigenvalue weighted by Crippen LogP contribution is -2.06. The summed E-state index contributed by atoms with van der Waals surface area (Å²) in [6.07, 6.45) is 0. The van der Waals surface area contributed by atoms with E-state index in [1.165, 1.54) is 18.2 Å². The van der Waals surface area contributed by atoms with Crippen molar-refractivity contribution in [1.29, 1.82) is 0 Å². The number of benzene rings is 1. The van der Waals surface area contributed by atoms with Crippen LogP contribution in [-0.2, 0) is 4.74 Å². The molecule has 5 nitrogen and oxygen atoms in total. The maximum absolute atomic E-state index is 11.4. The molecule has 0 unspecified atom stereocenters. The molecule has 88 valence electrons. The van der Waals surface area contributed by atoms with Crippen molar-refractivity contribution in [3.8, 4) is 0 Å². The van der Waals surface area contributed by atoms with E-state index in [1.54, 1.807) is 13.8 Å². The third-order valence-corrected chi connectivity index (χ3v) is 1.92. The third kappa shape index (κ3) is 3.20. The van der Waals surface area contributed by atoms with Gasteiger partial charge in [0.1, 0.15) is 0 Å². The molecular weight excluding hydrogens is 234 g/mol. The molecule has 0 amide bonds. The molecule has 0 saturated heterocycles. The number of aryl methyl sites for hydroxylation is 1. The first kappa shape index (κ1) is 14.4. The van der Waals surface area contributed by atoms with E-state index in [0.717, 1.165) is 0 Å². The van der Waals surface area contributed by atoms with Gasteiger partial charge in [0.05, 0.1) is 17.1 Å². The lowest BCUT2D eigenvalue weighted by molar-refractivity contribution is -0.384. The number of esters is 1. The Hall–Kier alpha value is -1.62. The van der Waals surface area contributed by atoms with Crippen molar-refractivity contribution < 1.29 is 14.5 Å². The summed E-state index contributed by atoms with van der Waals surface area (Å²) < 4.78 is 4.80. The molecule has 0 N–H and O–H groups in total. The monoisotopic (exact) mass is 245 g/mol. The number of rotatable bonds is 3. The molecule has 0 spiro atoms. The highest BCUT2D eigenvalue weighted by Crippen LogP contribution is 2.17. The summed E-state index contributed by atoms with van der Waals surface area (Å²) in [5.41, 5.74) is 0.880. The Morgan fingerprint density at radius 3 is 2.56 bits per heavy atom. The first-order chi connectivity index (χ1) is 7.06. The molecule has 0 aliphatic rings. The van der Waals surface area contributed by atoms with Crippen LogP contribution in [0.2, 0.25) is 0 Å². The van der Waals surface area contributed by atoms with E-state index >= 15 is 0 Å². The first-order valence-corrected chi connectivity index (χ1v) is 4.48. The van der Waals surface area contributed by atoms with E-state index in [1.807, 2.05) is 0 Å². The number of non-ortho nitro benzene ring substituents is 1. The largest absolute Gasteiger partial charge is 0.462 e. The van der Waals surface area contributed by atoms with Gasteiger partial charge in [-0.2, -0.15) is 0 Å². The van der Waals surface area contributed by atoms with Crippen LogP contribution in [0, 0.1) is 17.0 Å². The third-order valence-electron chi connectivity index (χ3n) is 1.92. The second kappa shape index (κ2) is 6.07. The highest BCUT2D eigenvalue weighted by Gasteiger charge is 2.13. The van der Waals surface area contributed by atoms with Crippen LogP contribution in [0.3, 0.4) is 0 Å². The van der Waals surface area contributed by atoms with E-state index in [9.17, 15) is 14.9 Å². The molecule has 1 aromatic carbocycles. The van der Waals surface area contributed by atoms with Crippen molar-refractivity contribution in [3.05, 3.63) is 39.4 Å². The van der Waals surface area contributed by atoms with Gasteiger partial charge >= 0.3 is 5.97 Å². The van der Waals surface area contributed by atoms with Gasteiger partial charge in [-0.25, -0.2) is 4.79 Å². The van der Waals surface area contributed by atoms with Gasteiger partial charge in [0.2, 0.25) is 0 Å². The standard InChI is InChI=1S/C10H11NO4.ClH/c1-3-15-10(12)9-5-4-8(11(13)14)6-7(9)2;/h4-6H,3H2,1-2H3;1H. The fourth-order valence-corrected chi connectivity index (χ4v) is 1.20. The zero-order chi connectivity index (χ0) is 11.4.